The van der Waals surface area contributed by atoms with Crippen LogP contribution in [0.3, 0.4) is 0 Å². The highest BCUT2D eigenvalue weighted by Gasteiger charge is 2.41. The van der Waals surface area contributed by atoms with Gasteiger partial charge in [0.05, 0.1) is 34.5 Å². The van der Waals surface area contributed by atoms with Crippen molar-refractivity contribution in [1.29, 1.82) is 0 Å². The predicted molar refractivity (Wildman–Crippen MR) is 134 cm³/mol. The van der Waals surface area contributed by atoms with Crippen molar-refractivity contribution in [2.24, 2.45) is 0 Å². The minimum Gasteiger partial charge on any atom is -0.493 e. The average Bonchev–Trinajstić information content (AvgIpc) is 3.00. The highest BCUT2D eigenvalue weighted by Crippen LogP contribution is 2.52. The summed E-state index contributed by atoms with van der Waals surface area (Å²) in [5.74, 6) is 2.01. The van der Waals surface area contributed by atoms with Crippen molar-refractivity contribution in [2.75, 3.05) is 28.4 Å². The van der Waals surface area contributed by atoms with E-state index in [1.165, 1.54) is 7.11 Å². The lowest BCUT2D eigenvalue weighted by Gasteiger charge is -2.39. The van der Waals surface area contributed by atoms with Crippen LogP contribution in [0, 0.1) is 0 Å². The van der Waals surface area contributed by atoms with Crippen LogP contribution < -0.4 is 24.4 Å². The molecule has 0 N–H and O–H groups in total. The first kappa shape index (κ1) is 25.1. The average molecular weight is 473 g/mol. The molecule has 1 aliphatic rings. The zero-order valence-corrected chi connectivity index (χ0v) is 22.3. The fourth-order valence-electron chi connectivity index (χ4n) is 4.08. The van der Waals surface area contributed by atoms with Gasteiger partial charge in [0.2, 0.25) is 11.2 Å². The summed E-state index contributed by atoms with van der Waals surface area (Å²) in [4.78, 5) is 12.7. The number of methoxy groups -OCH3 is 4. The molecule has 0 spiro atoms. The van der Waals surface area contributed by atoms with Crippen LogP contribution in [0.25, 0.3) is 11.1 Å². The molecule has 0 radical (unpaired) electrons. The number of hydrogen-bond donors (Lipinski definition) is 0. The number of hydrogen-bond acceptors (Lipinski definition) is 6. The van der Waals surface area contributed by atoms with E-state index in [2.05, 4.69) is 33.9 Å². The summed E-state index contributed by atoms with van der Waals surface area (Å²) in [7, 11) is 4.24. The molecule has 0 saturated carbocycles. The van der Waals surface area contributed by atoms with Crippen LogP contribution >= 0.6 is 0 Å². The predicted octanol–water partition coefficient (Wildman–Crippen LogP) is 5.76. The van der Waals surface area contributed by atoms with Crippen molar-refractivity contribution in [3.05, 3.63) is 45.6 Å². The number of fused-ring (bicyclic) bond motifs is 3. The van der Waals surface area contributed by atoms with Crippen molar-refractivity contribution in [3.63, 3.8) is 0 Å². The smallest absolute Gasteiger partial charge is 0.220 e. The van der Waals surface area contributed by atoms with Gasteiger partial charge in [0, 0.05) is 5.56 Å². The van der Waals surface area contributed by atoms with Crippen LogP contribution in [0.15, 0.2) is 29.1 Å². The molecule has 2 aromatic carbocycles. The van der Waals surface area contributed by atoms with E-state index in [0.29, 0.717) is 23.0 Å². The SMILES string of the molecule is COc1cc2c(c(OC)c1OC)-c1ccc(=O)c(OC)cc1[C@H](O[Si](C)(C)C(C)(C)C)CC2. The van der Waals surface area contributed by atoms with Crippen LogP contribution in [0.5, 0.6) is 23.0 Å². The summed E-state index contributed by atoms with van der Waals surface area (Å²) in [6.07, 6.45) is 1.32. The molecule has 33 heavy (non-hydrogen) atoms. The van der Waals surface area contributed by atoms with Crippen molar-refractivity contribution in [3.8, 4) is 34.1 Å². The molecule has 0 heterocycles. The van der Waals surface area contributed by atoms with Gasteiger partial charge in [-0.2, -0.15) is 0 Å². The maximum absolute atomic E-state index is 12.7. The fourth-order valence-corrected chi connectivity index (χ4v) is 5.39. The minimum absolute atomic E-state index is 0.0429. The first-order valence-electron chi connectivity index (χ1n) is 11.2. The lowest BCUT2D eigenvalue weighted by atomic mass is 9.96. The molecule has 0 unspecified atom stereocenters. The Morgan fingerprint density at radius 3 is 2.06 bits per heavy atom. The van der Waals surface area contributed by atoms with E-state index in [9.17, 15) is 4.79 Å². The lowest BCUT2D eigenvalue weighted by Crippen LogP contribution is -2.41. The molecule has 0 bridgehead atoms. The minimum atomic E-state index is -2.11. The van der Waals surface area contributed by atoms with E-state index in [1.807, 2.05) is 18.2 Å². The third-order valence-corrected chi connectivity index (χ3v) is 11.4. The normalized spacial score (nSPS) is 15.7. The third-order valence-electron chi connectivity index (χ3n) is 6.91. The van der Waals surface area contributed by atoms with Crippen molar-refractivity contribution >= 4 is 8.32 Å². The van der Waals surface area contributed by atoms with Gasteiger partial charge in [-0.05, 0) is 71.9 Å². The maximum Gasteiger partial charge on any atom is 0.220 e. The van der Waals surface area contributed by atoms with Crippen molar-refractivity contribution in [1.82, 2.24) is 0 Å². The number of benzene rings is 1. The van der Waals surface area contributed by atoms with Gasteiger partial charge in [0.15, 0.2) is 25.6 Å². The van der Waals surface area contributed by atoms with Gasteiger partial charge in [-0.25, -0.2) is 0 Å². The molecule has 0 aliphatic heterocycles. The van der Waals surface area contributed by atoms with Crippen LogP contribution in [0.2, 0.25) is 18.1 Å². The van der Waals surface area contributed by atoms with Gasteiger partial charge in [0.1, 0.15) is 0 Å². The van der Waals surface area contributed by atoms with E-state index in [0.717, 1.165) is 35.1 Å². The van der Waals surface area contributed by atoms with Gasteiger partial charge >= 0.3 is 0 Å². The summed E-state index contributed by atoms with van der Waals surface area (Å²) in [6.45, 7) is 11.2. The molecule has 0 amide bonds. The molecule has 0 fully saturated rings. The number of aryl methyl sites for hydroxylation is 1. The Hall–Kier alpha value is -2.51. The Balaban J connectivity index is 2.37. The molecule has 1 atom stereocenters. The van der Waals surface area contributed by atoms with E-state index >= 15 is 0 Å². The summed E-state index contributed by atoms with van der Waals surface area (Å²) < 4.78 is 29.5. The Kier molecular flexibility index (Phi) is 7.15. The molecule has 0 saturated heterocycles. The standard InChI is InChI=1S/C26H36O6Si/c1-26(2,3)33(8,9)32-20-13-10-16-14-22(29-5)24(30-6)25(31-7)23(16)17-11-12-19(27)21(28-4)15-18(17)20/h11-12,14-15,20H,10,13H2,1-9H3/t20-/m1/s1. The molecule has 2 aromatic rings. The topological polar surface area (TPSA) is 63.2 Å². The Morgan fingerprint density at radius 1 is 0.879 bits per heavy atom. The number of ether oxygens (including phenoxy) is 4. The molecular formula is C26H36O6Si. The summed E-state index contributed by atoms with van der Waals surface area (Å²) in [5, 5.41) is 0.0429. The Morgan fingerprint density at radius 2 is 1.52 bits per heavy atom. The molecular weight excluding hydrogens is 436 g/mol. The van der Waals surface area contributed by atoms with Gasteiger partial charge < -0.3 is 23.4 Å². The van der Waals surface area contributed by atoms with E-state index in [1.54, 1.807) is 27.4 Å². The highest BCUT2D eigenvalue weighted by molar-refractivity contribution is 6.74. The van der Waals surface area contributed by atoms with Gasteiger partial charge in [0.25, 0.3) is 0 Å². The summed E-state index contributed by atoms with van der Waals surface area (Å²) in [5.41, 5.74) is 3.57. The second kappa shape index (κ2) is 9.39. The van der Waals surface area contributed by atoms with Gasteiger partial charge in [-0.15, -0.1) is 0 Å². The first-order chi connectivity index (χ1) is 15.5. The molecule has 0 aromatic heterocycles. The molecule has 1 aliphatic carbocycles. The van der Waals surface area contributed by atoms with Gasteiger partial charge in [-0.3, -0.25) is 4.79 Å². The van der Waals surface area contributed by atoms with Crippen LogP contribution in [0.4, 0.5) is 0 Å². The second-order valence-corrected chi connectivity index (χ2v) is 14.6. The third kappa shape index (κ3) is 4.61. The highest BCUT2D eigenvalue weighted by atomic mass is 28.4. The van der Waals surface area contributed by atoms with E-state index < -0.39 is 8.32 Å². The zero-order valence-electron chi connectivity index (χ0n) is 21.3. The van der Waals surface area contributed by atoms with E-state index in [4.69, 9.17) is 23.4 Å². The molecule has 3 rings (SSSR count). The molecule has 180 valence electrons. The summed E-state index contributed by atoms with van der Waals surface area (Å²) in [6, 6.07) is 7.23. The molecule has 7 heteroatoms. The number of rotatable bonds is 6. The quantitative estimate of drug-likeness (QED) is 0.498. The van der Waals surface area contributed by atoms with Crippen LogP contribution in [-0.4, -0.2) is 36.8 Å². The van der Waals surface area contributed by atoms with Gasteiger partial charge in [-0.1, -0.05) is 20.8 Å². The first-order valence-corrected chi connectivity index (χ1v) is 14.1. The maximum atomic E-state index is 12.7. The monoisotopic (exact) mass is 472 g/mol. The largest absolute Gasteiger partial charge is 0.493 e. The lowest BCUT2D eigenvalue weighted by molar-refractivity contribution is 0.175. The van der Waals surface area contributed by atoms with Crippen molar-refractivity contribution < 1.29 is 23.4 Å². The molecule has 6 nitrogen and oxygen atoms in total. The van der Waals surface area contributed by atoms with E-state index in [-0.39, 0.29) is 16.6 Å². The summed E-state index contributed by atoms with van der Waals surface area (Å²) >= 11 is 0. The second-order valence-electron chi connectivity index (χ2n) is 9.86. The fraction of sp³-hybridized carbons (Fsp3) is 0.500. The van der Waals surface area contributed by atoms with Crippen LogP contribution in [-0.2, 0) is 10.8 Å². The Labute approximate surface area is 197 Å². The zero-order chi connectivity index (χ0) is 24.6. The Bertz CT molecular complexity index is 1090. The van der Waals surface area contributed by atoms with Crippen LogP contribution in [0.1, 0.15) is 44.4 Å². The van der Waals surface area contributed by atoms with Crippen molar-refractivity contribution in [2.45, 2.75) is 57.8 Å².